The molecule has 1 N–H and O–H groups in total. The number of hydrogen-bond donors (Lipinski definition) is 1. The van der Waals surface area contributed by atoms with Gasteiger partial charge in [-0.2, -0.15) is 0 Å². The molecule has 0 saturated heterocycles. The van der Waals surface area contributed by atoms with Crippen molar-refractivity contribution in [3.63, 3.8) is 0 Å². The first-order valence-corrected chi connectivity index (χ1v) is 11.3. The molecule has 0 saturated carbocycles. The van der Waals surface area contributed by atoms with Crippen molar-refractivity contribution < 1.29 is 9.53 Å². The average molecular weight is 465 g/mol. The molecule has 0 aliphatic rings. The van der Waals surface area contributed by atoms with Gasteiger partial charge in [-0.1, -0.05) is 71.9 Å². The van der Waals surface area contributed by atoms with Gasteiger partial charge in [-0.25, -0.2) is 0 Å². The number of para-hydroxylation sites is 1. The summed E-state index contributed by atoms with van der Waals surface area (Å²) in [7, 11) is 1.62. The third-order valence-electron chi connectivity index (χ3n) is 4.71. The Hall–Kier alpha value is -3.29. The Labute approximate surface area is 195 Å². The molecule has 0 radical (unpaired) electrons. The highest BCUT2D eigenvalue weighted by Gasteiger charge is 2.20. The summed E-state index contributed by atoms with van der Waals surface area (Å²) in [6.45, 7) is 0.480. The van der Waals surface area contributed by atoms with E-state index in [1.54, 1.807) is 7.11 Å². The van der Waals surface area contributed by atoms with E-state index in [0.29, 0.717) is 28.3 Å². The Balaban J connectivity index is 1.59. The normalized spacial score (nSPS) is 10.7. The maximum Gasteiger partial charge on any atom is 0.230 e. The topological polar surface area (TPSA) is 69.0 Å². The number of rotatable bonds is 8. The summed E-state index contributed by atoms with van der Waals surface area (Å²) in [4.78, 5) is 12.4. The Morgan fingerprint density at radius 1 is 1.03 bits per heavy atom. The number of methoxy groups -OCH3 is 1. The molecule has 0 aliphatic carbocycles. The molecule has 0 aliphatic heterocycles. The van der Waals surface area contributed by atoms with E-state index in [9.17, 15) is 4.79 Å². The molecular weight excluding hydrogens is 444 g/mol. The summed E-state index contributed by atoms with van der Waals surface area (Å²) in [5.41, 5.74) is 2.64. The molecule has 3 aromatic carbocycles. The van der Waals surface area contributed by atoms with Gasteiger partial charge < -0.3 is 10.1 Å². The standard InChI is InChI=1S/C24H21ClN4O2S/c1-31-21-13-6-5-12-20(21)23-27-28-24(29(23)19-11-7-10-18(25)14-19)32-16-22(30)26-15-17-8-3-2-4-9-17/h2-14H,15-16H2,1H3,(H,26,30). The molecule has 1 aromatic heterocycles. The largest absolute Gasteiger partial charge is 0.496 e. The highest BCUT2D eigenvalue weighted by atomic mass is 35.5. The number of amides is 1. The number of halogens is 1. The van der Waals surface area contributed by atoms with Crippen LogP contribution in [-0.4, -0.2) is 33.5 Å². The fourth-order valence-electron chi connectivity index (χ4n) is 3.19. The SMILES string of the molecule is COc1ccccc1-c1nnc(SCC(=O)NCc2ccccc2)n1-c1cccc(Cl)c1. The first kappa shape index (κ1) is 21.9. The first-order valence-electron chi connectivity index (χ1n) is 9.94. The zero-order valence-corrected chi connectivity index (χ0v) is 18.9. The van der Waals surface area contributed by atoms with Crippen molar-refractivity contribution in [3.8, 4) is 22.8 Å². The number of thioether (sulfide) groups is 1. The van der Waals surface area contributed by atoms with E-state index in [1.807, 2.05) is 83.4 Å². The molecule has 32 heavy (non-hydrogen) atoms. The molecule has 0 unspecified atom stereocenters. The maximum absolute atomic E-state index is 12.4. The maximum atomic E-state index is 12.4. The number of benzene rings is 3. The van der Waals surface area contributed by atoms with E-state index in [0.717, 1.165) is 16.8 Å². The Morgan fingerprint density at radius 2 is 1.81 bits per heavy atom. The van der Waals surface area contributed by atoms with Gasteiger partial charge in [0.15, 0.2) is 11.0 Å². The summed E-state index contributed by atoms with van der Waals surface area (Å²) >= 11 is 7.56. The second-order valence-electron chi connectivity index (χ2n) is 6.87. The molecule has 0 bridgehead atoms. The molecule has 1 heterocycles. The number of carbonyl (C=O) groups is 1. The van der Waals surface area contributed by atoms with Crippen LogP contribution in [0.25, 0.3) is 17.1 Å². The predicted molar refractivity (Wildman–Crippen MR) is 127 cm³/mol. The van der Waals surface area contributed by atoms with Crippen LogP contribution < -0.4 is 10.1 Å². The lowest BCUT2D eigenvalue weighted by atomic mass is 10.2. The van der Waals surface area contributed by atoms with E-state index in [4.69, 9.17) is 16.3 Å². The monoisotopic (exact) mass is 464 g/mol. The van der Waals surface area contributed by atoms with E-state index < -0.39 is 0 Å². The second kappa shape index (κ2) is 10.3. The molecule has 0 spiro atoms. The first-order chi connectivity index (χ1) is 15.7. The van der Waals surface area contributed by atoms with Crippen LogP contribution in [0.5, 0.6) is 5.75 Å². The summed E-state index contributed by atoms with van der Waals surface area (Å²) in [5.74, 6) is 1.41. The minimum absolute atomic E-state index is 0.0849. The smallest absolute Gasteiger partial charge is 0.230 e. The second-order valence-corrected chi connectivity index (χ2v) is 8.25. The molecule has 0 fully saturated rings. The minimum Gasteiger partial charge on any atom is -0.496 e. The van der Waals surface area contributed by atoms with Crippen molar-refractivity contribution in [2.45, 2.75) is 11.7 Å². The summed E-state index contributed by atoms with van der Waals surface area (Å²) < 4.78 is 7.41. The van der Waals surface area contributed by atoms with E-state index in [1.165, 1.54) is 11.8 Å². The average Bonchev–Trinajstić information content (AvgIpc) is 3.26. The number of ether oxygens (including phenoxy) is 1. The molecule has 8 heteroatoms. The lowest BCUT2D eigenvalue weighted by molar-refractivity contribution is -0.118. The van der Waals surface area contributed by atoms with Crippen molar-refractivity contribution in [2.24, 2.45) is 0 Å². The Morgan fingerprint density at radius 3 is 2.59 bits per heavy atom. The number of nitrogens with one attached hydrogen (secondary N) is 1. The molecule has 162 valence electrons. The van der Waals surface area contributed by atoms with Gasteiger partial charge in [0.2, 0.25) is 5.91 Å². The number of nitrogens with zero attached hydrogens (tertiary/aromatic N) is 3. The van der Waals surface area contributed by atoms with Crippen LogP contribution in [0.3, 0.4) is 0 Å². The Bertz CT molecular complexity index is 1210. The molecular formula is C24H21ClN4O2S. The fourth-order valence-corrected chi connectivity index (χ4v) is 4.16. The van der Waals surface area contributed by atoms with Crippen molar-refractivity contribution in [1.29, 1.82) is 0 Å². The molecule has 4 rings (SSSR count). The van der Waals surface area contributed by atoms with Crippen molar-refractivity contribution in [2.75, 3.05) is 12.9 Å². The lowest BCUT2D eigenvalue weighted by Crippen LogP contribution is -2.24. The quantitative estimate of drug-likeness (QED) is 0.371. The van der Waals surface area contributed by atoms with Crippen LogP contribution in [0.2, 0.25) is 5.02 Å². The van der Waals surface area contributed by atoms with Gasteiger partial charge in [-0.3, -0.25) is 9.36 Å². The third-order valence-corrected chi connectivity index (χ3v) is 5.88. The fraction of sp³-hybridized carbons (Fsp3) is 0.125. The van der Waals surface area contributed by atoms with Crippen molar-refractivity contribution in [1.82, 2.24) is 20.1 Å². The van der Waals surface area contributed by atoms with Crippen LogP contribution in [0.15, 0.2) is 84.0 Å². The van der Waals surface area contributed by atoms with Crippen LogP contribution in [-0.2, 0) is 11.3 Å². The highest BCUT2D eigenvalue weighted by molar-refractivity contribution is 7.99. The van der Waals surface area contributed by atoms with Gasteiger partial charge in [0.25, 0.3) is 0 Å². The van der Waals surface area contributed by atoms with E-state index >= 15 is 0 Å². The molecule has 0 atom stereocenters. The minimum atomic E-state index is -0.0849. The zero-order valence-electron chi connectivity index (χ0n) is 17.4. The van der Waals surface area contributed by atoms with Gasteiger partial charge in [-0.05, 0) is 35.9 Å². The number of hydrogen-bond acceptors (Lipinski definition) is 5. The van der Waals surface area contributed by atoms with Gasteiger partial charge in [0, 0.05) is 11.6 Å². The predicted octanol–water partition coefficient (Wildman–Crippen LogP) is 5.00. The number of carbonyl (C=O) groups excluding carboxylic acids is 1. The lowest BCUT2D eigenvalue weighted by Gasteiger charge is -2.13. The van der Waals surface area contributed by atoms with Crippen molar-refractivity contribution in [3.05, 3.63) is 89.4 Å². The van der Waals surface area contributed by atoms with Gasteiger partial charge >= 0.3 is 0 Å². The van der Waals surface area contributed by atoms with Gasteiger partial charge in [-0.15, -0.1) is 10.2 Å². The molecule has 6 nitrogen and oxygen atoms in total. The van der Waals surface area contributed by atoms with Crippen LogP contribution in [0.1, 0.15) is 5.56 Å². The van der Waals surface area contributed by atoms with Crippen LogP contribution >= 0.6 is 23.4 Å². The summed E-state index contributed by atoms with van der Waals surface area (Å²) in [6, 6.07) is 24.8. The Kier molecular flexibility index (Phi) is 7.09. The molecule has 1 amide bonds. The zero-order chi connectivity index (χ0) is 22.3. The van der Waals surface area contributed by atoms with Crippen LogP contribution in [0.4, 0.5) is 0 Å². The van der Waals surface area contributed by atoms with Gasteiger partial charge in [0.05, 0.1) is 24.1 Å². The van der Waals surface area contributed by atoms with Crippen LogP contribution in [0, 0.1) is 0 Å². The third kappa shape index (κ3) is 5.12. The molecule has 4 aromatic rings. The van der Waals surface area contributed by atoms with Crippen molar-refractivity contribution >= 4 is 29.3 Å². The number of aromatic nitrogens is 3. The van der Waals surface area contributed by atoms with E-state index in [2.05, 4.69) is 15.5 Å². The van der Waals surface area contributed by atoms with E-state index in [-0.39, 0.29) is 11.7 Å². The van der Waals surface area contributed by atoms with Gasteiger partial charge in [0.1, 0.15) is 5.75 Å². The summed E-state index contributed by atoms with van der Waals surface area (Å²) in [5, 5.41) is 12.9. The summed E-state index contributed by atoms with van der Waals surface area (Å²) in [6.07, 6.45) is 0. The highest BCUT2D eigenvalue weighted by Crippen LogP contribution is 2.33.